The highest BCUT2D eigenvalue weighted by atomic mass is 16.6. The van der Waals surface area contributed by atoms with E-state index in [0.29, 0.717) is 6.54 Å². The van der Waals surface area contributed by atoms with Crippen LogP contribution >= 0.6 is 0 Å². The number of ether oxygens (including phenoxy) is 2. The van der Waals surface area contributed by atoms with Gasteiger partial charge in [0.1, 0.15) is 5.60 Å². The van der Waals surface area contributed by atoms with Crippen molar-refractivity contribution < 1.29 is 19.1 Å². The van der Waals surface area contributed by atoms with Gasteiger partial charge in [0.05, 0.1) is 13.0 Å². The van der Waals surface area contributed by atoms with Crippen molar-refractivity contribution in [3.05, 3.63) is 0 Å². The highest BCUT2D eigenvalue weighted by Crippen LogP contribution is 2.22. The van der Waals surface area contributed by atoms with Crippen LogP contribution in [0.5, 0.6) is 0 Å². The Bertz CT molecular complexity index is 339. The van der Waals surface area contributed by atoms with E-state index in [4.69, 9.17) is 9.47 Å². The summed E-state index contributed by atoms with van der Waals surface area (Å²) in [6, 6.07) is 0. The molecule has 0 saturated carbocycles. The molecule has 0 radical (unpaired) electrons. The molecule has 6 nitrogen and oxygen atoms in total. The molecule has 1 aliphatic heterocycles. The summed E-state index contributed by atoms with van der Waals surface area (Å²) in [5, 5.41) is 6.01. The lowest BCUT2D eigenvalue weighted by atomic mass is 9.88. The number of rotatable bonds is 3. The molecule has 1 rings (SSSR count). The summed E-state index contributed by atoms with van der Waals surface area (Å²) in [6.45, 7) is 7.52. The van der Waals surface area contributed by atoms with Crippen LogP contribution in [0.15, 0.2) is 0 Å². The third-order valence-electron chi connectivity index (χ3n) is 3.30. The number of alkyl carbamates (subject to hydrolysis) is 1. The van der Waals surface area contributed by atoms with Gasteiger partial charge >= 0.3 is 12.1 Å². The van der Waals surface area contributed by atoms with Crippen LogP contribution in [0.1, 0.15) is 33.6 Å². The zero-order valence-electron chi connectivity index (χ0n) is 12.8. The van der Waals surface area contributed by atoms with Gasteiger partial charge in [-0.05, 0) is 52.6 Å². The van der Waals surface area contributed by atoms with Gasteiger partial charge in [-0.25, -0.2) is 4.79 Å². The fourth-order valence-corrected chi connectivity index (χ4v) is 2.34. The lowest BCUT2D eigenvalue weighted by Crippen LogP contribution is -2.38. The minimum Gasteiger partial charge on any atom is -0.469 e. The van der Waals surface area contributed by atoms with E-state index in [1.165, 1.54) is 7.11 Å². The van der Waals surface area contributed by atoms with E-state index in [1.54, 1.807) is 0 Å². The maximum absolute atomic E-state index is 11.8. The first kappa shape index (κ1) is 16.8. The van der Waals surface area contributed by atoms with Gasteiger partial charge in [0.15, 0.2) is 0 Å². The van der Waals surface area contributed by atoms with Gasteiger partial charge in [-0.15, -0.1) is 0 Å². The molecular formula is C14H26N2O4. The third-order valence-corrected chi connectivity index (χ3v) is 3.30. The Labute approximate surface area is 120 Å². The number of methoxy groups -OCH3 is 1. The maximum Gasteiger partial charge on any atom is 0.407 e. The van der Waals surface area contributed by atoms with Crippen LogP contribution in [0.2, 0.25) is 0 Å². The van der Waals surface area contributed by atoms with Crippen LogP contribution in [-0.2, 0) is 14.3 Å². The van der Waals surface area contributed by atoms with E-state index in [2.05, 4.69) is 10.6 Å². The molecule has 0 aromatic heterocycles. The molecular weight excluding hydrogens is 260 g/mol. The van der Waals surface area contributed by atoms with Gasteiger partial charge in [-0.1, -0.05) is 0 Å². The SMILES string of the molecule is COC(=O)[C@@H]1CCNCC[C@H]1CNC(=O)OC(C)(C)C. The second-order valence-corrected chi connectivity index (χ2v) is 6.10. The topological polar surface area (TPSA) is 76.7 Å². The minimum atomic E-state index is -0.517. The minimum absolute atomic E-state index is 0.0740. The van der Waals surface area contributed by atoms with Crippen LogP contribution in [0, 0.1) is 11.8 Å². The van der Waals surface area contributed by atoms with Gasteiger partial charge in [0, 0.05) is 6.54 Å². The van der Waals surface area contributed by atoms with Gasteiger partial charge in [-0.3, -0.25) is 4.79 Å². The summed E-state index contributed by atoms with van der Waals surface area (Å²) in [4.78, 5) is 23.5. The van der Waals surface area contributed by atoms with Crippen molar-refractivity contribution in [2.24, 2.45) is 11.8 Å². The second-order valence-electron chi connectivity index (χ2n) is 6.10. The van der Waals surface area contributed by atoms with Crippen LogP contribution in [0.3, 0.4) is 0 Å². The fourth-order valence-electron chi connectivity index (χ4n) is 2.34. The molecule has 1 heterocycles. The number of esters is 1. The van der Waals surface area contributed by atoms with Crippen LogP contribution in [0.25, 0.3) is 0 Å². The molecule has 20 heavy (non-hydrogen) atoms. The summed E-state index contributed by atoms with van der Waals surface area (Å²) in [5.74, 6) is -0.306. The van der Waals surface area contributed by atoms with Crippen molar-refractivity contribution in [2.75, 3.05) is 26.7 Å². The Kier molecular flexibility index (Phi) is 6.26. The van der Waals surface area contributed by atoms with Crippen molar-refractivity contribution in [3.8, 4) is 0 Å². The Balaban J connectivity index is 2.53. The zero-order valence-corrected chi connectivity index (χ0v) is 12.8. The van der Waals surface area contributed by atoms with E-state index < -0.39 is 11.7 Å². The van der Waals surface area contributed by atoms with Gasteiger partial charge in [0.25, 0.3) is 0 Å². The average molecular weight is 286 g/mol. The number of nitrogens with one attached hydrogen (secondary N) is 2. The first-order valence-electron chi connectivity index (χ1n) is 7.09. The smallest absolute Gasteiger partial charge is 0.407 e. The Hall–Kier alpha value is -1.30. The molecule has 1 saturated heterocycles. The molecule has 0 spiro atoms. The van der Waals surface area contributed by atoms with Crippen LogP contribution in [-0.4, -0.2) is 44.4 Å². The number of hydrogen-bond donors (Lipinski definition) is 2. The monoisotopic (exact) mass is 286 g/mol. The normalized spacial score (nSPS) is 23.6. The zero-order chi connectivity index (χ0) is 15.2. The summed E-state index contributed by atoms with van der Waals surface area (Å²) in [5.41, 5.74) is -0.517. The van der Waals surface area contributed by atoms with Crippen molar-refractivity contribution in [2.45, 2.75) is 39.2 Å². The molecule has 1 amide bonds. The fraction of sp³-hybridized carbons (Fsp3) is 0.857. The molecule has 2 atom stereocenters. The molecule has 6 heteroatoms. The Morgan fingerprint density at radius 3 is 2.50 bits per heavy atom. The Morgan fingerprint density at radius 2 is 1.90 bits per heavy atom. The lowest BCUT2D eigenvalue weighted by molar-refractivity contribution is -0.147. The number of amides is 1. The highest BCUT2D eigenvalue weighted by molar-refractivity contribution is 5.73. The first-order chi connectivity index (χ1) is 9.33. The highest BCUT2D eigenvalue weighted by Gasteiger charge is 2.31. The van der Waals surface area contributed by atoms with Gasteiger partial charge in [0.2, 0.25) is 0 Å². The van der Waals surface area contributed by atoms with E-state index in [-0.39, 0.29) is 17.8 Å². The van der Waals surface area contributed by atoms with Crippen molar-refractivity contribution in [3.63, 3.8) is 0 Å². The largest absolute Gasteiger partial charge is 0.469 e. The number of hydrogen-bond acceptors (Lipinski definition) is 5. The van der Waals surface area contributed by atoms with Crippen LogP contribution in [0.4, 0.5) is 4.79 Å². The molecule has 0 bridgehead atoms. The average Bonchev–Trinajstić information content (AvgIpc) is 2.58. The maximum atomic E-state index is 11.8. The molecule has 1 fully saturated rings. The van der Waals surface area contributed by atoms with E-state index >= 15 is 0 Å². The molecule has 0 aromatic carbocycles. The third kappa shape index (κ3) is 5.77. The predicted octanol–water partition coefficient (Wildman–Crippen LogP) is 1.30. The van der Waals surface area contributed by atoms with E-state index in [9.17, 15) is 9.59 Å². The van der Waals surface area contributed by atoms with E-state index in [0.717, 1.165) is 25.9 Å². The van der Waals surface area contributed by atoms with Crippen molar-refractivity contribution >= 4 is 12.1 Å². The van der Waals surface area contributed by atoms with Crippen LogP contribution < -0.4 is 10.6 Å². The second kappa shape index (κ2) is 7.47. The molecule has 0 aromatic rings. The molecule has 1 aliphatic rings. The summed E-state index contributed by atoms with van der Waals surface area (Å²) in [6.07, 6.45) is 1.11. The van der Waals surface area contributed by atoms with Crippen molar-refractivity contribution in [1.82, 2.24) is 10.6 Å². The van der Waals surface area contributed by atoms with E-state index in [1.807, 2.05) is 20.8 Å². The molecule has 0 unspecified atom stereocenters. The summed E-state index contributed by atoms with van der Waals surface area (Å²) in [7, 11) is 1.40. The summed E-state index contributed by atoms with van der Waals surface area (Å²) < 4.78 is 10.1. The van der Waals surface area contributed by atoms with Gasteiger partial charge in [-0.2, -0.15) is 0 Å². The molecule has 0 aliphatic carbocycles. The molecule has 2 N–H and O–H groups in total. The first-order valence-corrected chi connectivity index (χ1v) is 7.09. The standard InChI is InChI=1S/C14H26N2O4/c1-14(2,3)20-13(18)16-9-10-5-7-15-8-6-11(10)12(17)19-4/h10-11,15H,5-9H2,1-4H3,(H,16,18)/t10-,11+/m0/s1. The van der Waals surface area contributed by atoms with Crippen molar-refractivity contribution in [1.29, 1.82) is 0 Å². The lowest BCUT2D eigenvalue weighted by Gasteiger charge is -2.24. The summed E-state index contributed by atoms with van der Waals surface area (Å²) >= 11 is 0. The predicted molar refractivity (Wildman–Crippen MR) is 75.3 cm³/mol. The van der Waals surface area contributed by atoms with Gasteiger partial charge < -0.3 is 20.1 Å². The number of carbonyl (C=O) groups is 2. The quantitative estimate of drug-likeness (QED) is 0.765. The number of carbonyl (C=O) groups excluding carboxylic acids is 2. The molecule has 116 valence electrons. The Morgan fingerprint density at radius 1 is 1.25 bits per heavy atom.